The lowest BCUT2D eigenvalue weighted by Gasteiger charge is -2.20. The highest BCUT2D eigenvalue weighted by molar-refractivity contribution is 6.00. The number of carbonyl (C=O) groups is 2. The zero-order valence-electron chi connectivity index (χ0n) is 18.9. The van der Waals surface area contributed by atoms with Gasteiger partial charge in [-0.3, -0.25) is 14.4 Å². The van der Waals surface area contributed by atoms with Crippen molar-refractivity contribution in [3.8, 4) is 11.5 Å². The van der Waals surface area contributed by atoms with Crippen LogP contribution in [-0.2, 0) is 17.8 Å². The zero-order valence-corrected chi connectivity index (χ0v) is 18.9. The van der Waals surface area contributed by atoms with Crippen molar-refractivity contribution in [3.05, 3.63) is 70.0 Å². The second kappa shape index (κ2) is 9.36. The van der Waals surface area contributed by atoms with Crippen molar-refractivity contribution < 1.29 is 19.1 Å². The van der Waals surface area contributed by atoms with Gasteiger partial charge in [0.25, 0.3) is 5.91 Å². The highest BCUT2D eigenvalue weighted by Crippen LogP contribution is 2.35. The lowest BCUT2D eigenvalue weighted by Crippen LogP contribution is -2.50. The van der Waals surface area contributed by atoms with E-state index in [4.69, 9.17) is 9.47 Å². The zero-order chi connectivity index (χ0) is 23.5. The van der Waals surface area contributed by atoms with Crippen LogP contribution in [0.25, 0.3) is 10.9 Å². The minimum absolute atomic E-state index is 0.0291. The molecule has 1 atom stereocenters. The molecule has 0 radical (unpaired) electrons. The standard InChI is InChI=1S/C25H27N3O5/c1-4-28-13-18(23(29)17-11-21-22(12-20(17)28)33-14-32-21)24(30)27-19(25(31)26-15(2)3)10-16-8-6-5-7-9-16/h5-9,11-13,15,19H,4,10,14H2,1-3H3,(H,26,31)(H,27,30). The Morgan fingerprint density at radius 1 is 1.06 bits per heavy atom. The number of rotatable bonds is 7. The van der Waals surface area contributed by atoms with Crippen LogP contribution in [-0.4, -0.2) is 35.3 Å². The third-order valence-corrected chi connectivity index (χ3v) is 5.50. The van der Waals surface area contributed by atoms with Crippen LogP contribution in [0.15, 0.2) is 53.5 Å². The van der Waals surface area contributed by atoms with Gasteiger partial charge in [-0.05, 0) is 32.4 Å². The normalized spacial score (nSPS) is 13.2. The summed E-state index contributed by atoms with van der Waals surface area (Å²) in [7, 11) is 0. The van der Waals surface area contributed by atoms with Gasteiger partial charge in [0.15, 0.2) is 11.5 Å². The molecule has 1 aliphatic heterocycles. The number of pyridine rings is 1. The molecule has 0 saturated heterocycles. The molecule has 0 saturated carbocycles. The fourth-order valence-electron chi connectivity index (χ4n) is 3.88. The van der Waals surface area contributed by atoms with E-state index in [1.807, 2.05) is 55.7 Å². The molecule has 0 spiro atoms. The molecule has 2 aromatic carbocycles. The van der Waals surface area contributed by atoms with E-state index < -0.39 is 17.4 Å². The Hall–Kier alpha value is -3.81. The summed E-state index contributed by atoms with van der Waals surface area (Å²) in [5.74, 6) is 0.136. The van der Waals surface area contributed by atoms with Crippen molar-refractivity contribution in [1.29, 1.82) is 0 Å². The highest BCUT2D eigenvalue weighted by atomic mass is 16.7. The quantitative estimate of drug-likeness (QED) is 0.578. The van der Waals surface area contributed by atoms with Crippen molar-refractivity contribution in [2.24, 2.45) is 0 Å². The number of aryl methyl sites for hydroxylation is 1. The maximum Gasteiger partial charge on any atom is 0.257 e. The number of fused-ring (bicyclic) bond motifs is 2. The Bertz CT molecular complexity index is 1250. The molecule has 1 unspecified atom stereocenters. The molecule has 4 rings (SSSR count). The first-order chi connectivity index (χ1) is 15.9. The van der Waals surface area contributed by atoms with E-state index in [2.05, 4.69) is 10.6 Å². The summed E-state index contributed by atoms with van der Waals surface area (Å²) >= 11 is 0. The van der Waals surface area contributed by atoms with Crippen LogP contribution in [0.1, 0.15) is 36.7 Å². The number of ether oxygens (including phenoxy) is 2. The Kier molecular flexibility index (Phi) is 6.35. The summed E-state index contributed by atoms with van der Waals surface area (Å²) in [6, 6.07) is 11.9. The van der Waals surface area contributed by atoms with Gasteiger partial charge in [-0.15, -0.1) is 0 Å². The molecule has 3 aromatic rings. The Morgan fingerprint density at radius 2 is 1.76 bits per heavy atom. The van der Waals surface area contributed by atoms with E-state index in [-0.39, 0.29) is 24.3 Å². The number of amides is 2. The molecular formula is C25H27N3O5. The Morgan fingerprint density at radius 3 is 2.42 bits per heavy atom. The summed E-state index contributed by atoms with van der Waals surface area (Å²) in [5, 5.41) is 5.98. The fourth-order valence-corrected chi connectivity index (χ4v) is 3.88. The molecule has 1 aromatic heterocycles. The largest absolute Gasteiger partial charge is 0.454 e. The number of nitrogens with one attached hydrogen (secondary N) is 2. The molecule has 33 heavy (non-hydrogen) atoms. The molecule has 8 heteroatoms. The van der Waals surface area contributed by atoms with Gasteiger partial charge >= 0.3 is 0 Å². The first-order valence-corrected chi connectivity index (χ1v) is 11.0. The van der Waals surface area contributed by atoms with Gasteiger partial charge < -0.3 is 24.7 Å². The summed E-state index contributed by atoms with van der Waals surface area (Å²) in [5.41, 5.74) is 1.10. The number of hydrogen-bond donors (Lipinski definition) is 2. The summed E-state index contributed by atoms with van der Waals surface area (Å²) in [6.07, 6.45) is 1.83. The number of nitrogens with zero attached hydrogens (tertiary/aromatic N) is 1. The predicted octanol–water partition coefficient (Wildman–Crippen LogP) is 2.62. The van der Waals surface area contributed by atoms with Gasteiger partial charge in [0.1, 0.15) is 11.6 Å². The highest BCUT2D eigenvalue weighted by Gasteiger charge is 2.25. The van der Waals surface area contributed by atoms with Gasteiger partial charge in [-0.25, -0.2) is 0 Å². The van der Waals surface area contributed by atoms with Gasteiger partial charge in [0, 0.05) is 31.3 Å². The van der Waals surface area contributed by atoms with E-state index in [0.717, 1.165) is 5.56 Å². The summed E-state index contributed by atoms with van der Waals surface area (Å²) in [6.45, 7) is 6.26. The van der Waals surface area contributed by atoms with Gasteiger partial charge in [0.2, 0.25) is 18.1 Å². The van der Waals surface area contributed by atoms with Gasteiger partial charge in [-0.2, -0.15) is 0 Å². The van der Waals surface area contributed by atoms with Crippen molar-refractivity contribution >= 4 is 22.7 Å². The first kappa shape index (κ1) is 22.4. The number of aromatic nitrogens is 1. The van der Waals surface area contributed by atoms with Crippen LogP contribution >= 0.6 is 0 Å². The molecule has 0 fully saturated rings. The van der Waals surface area contributed by atoms with Crippen LogP contribution in [0.5, 0.6) is 11.5 Å². The summed E-state index contributed by atoms with van der Waals surface area (Å²) in [4.78, 5) is 39.3. The molecule has 172 valence electrons. The maximum absolute atomic E-state index is 13.3. The van der Waals surface area contributed by atoms with E-state index in [1.54, 1.807) is 12.1 Å². The van der Waals surface area contributed by atoms with Crippen LogP contribution < -0.4 is 25.5 Å². The Balaban J connectivity index is 1.69. The minimum atomic E-state index is -0.829. The molecule has 2 heterocycles. The minimum Gasteiger partial charge on any atom is -0.454 e. The van der Waals surface area contributed by atoms with Crippen LogP contribution in [0, 0.1) is 0 Å². The fraction of sp³-hybridized carbons (Fsp3) is 0.320. The van der Waals surface area contributed by atoms with Crippen molar-refractivity contribution in [3.63, 3.8) is 0 Å². The second-order valence-corrected chi connectivity index (χ2v) is 8.26. The van der Waals surface area contributed by atoms with Crippen molar-refractivity contribution in [1.82, 2.24) is 15.2 Å². The van der Waals surface area contributed by atoms with Crippen molar-refractivity contribution in [2.45, 2.75) is 45.8 Å². The maximum atomic E-state index is 13.3. The second-order valence-electron chi connectivity index (χ2n) is 8.26. The first-order valence-electron chi connectivity index (χ1n) is 11.0. The van der Waals surface area contributed by atoms with E-state index in [0.29, 0.717) is 35.4 Å². The van der Waals surface area contributed by atoms with Gasteiger partial charge in [-0.1, -0.05) is 30.3 Å². The average molecular weight is 450 g/mol. The van der Waals surface area contributed by atoms with Crippen LogP contribution in [0.4, 0.5) is 0 Å². The third-order valence-electron chi connectivity index (χ3n) is 5.50. The monoisotopic (exact) mass is 449 g/mol. The molecule has 0 bridgehead atoms. The van der Waals surface area contributed by atoms with E-state index >= 15 is 0 Å². The third kappa shape index (κ3) is 4.69. The molecule has 0 aliphatic carbocycles. The number of hydrogen-bond acceptors (Lipinski definition) is 5. The number of benzene rings is 2. The SMILES string of the molecule is CCn1cc(C(=O)NC(Cc2ccccc2)C(=O)NC(C)C)c(=O)c2cc3c(cc21)OCO3. The van der Waals surface area contributed by atoms with Crippen LogP contribution in [0.2, 0.25) is 0 Å². The predicted molar refractivity (Wildman–Crippen MR) is 125 cm³/mol. The number of carbonyl (C=O) groups excluding carboxylic acids is 2. The summed E-state index contributed by atoms with van der Waals surface area (Å²) < 4.78 is 12.7. The van der Waals surface area contributed by atoms with E-state index in [9.17, 15) is 14.4 Å². The van der Waals surface area contributed by atoms with Gasteiger partial charge in [0.05, 0.1) is 10.9 Å². The average Bonchev–Trinajstić information content (AvgIpc) is 3.25. The lowest BCUT2D eigenvalue weighted by atomic mass is 10.0. The van der Waals surface area contributed by atoms with E-state index in [1.165, 1.54) is 6.20 Å². The Labute approximate surface area is 191 Å². The molecule has 2 N–H and O–H groups in total. The van der Waals surface area contributed by atoms with Crippen LogP contribution in [0.3, 0.4) is 0 Å². The molecule has 2 amide bonds. The van der Waals surface area contributed by atoms with Crippen molar-refractivity contribution in [2.75, 3.05) is 6.79 Å². The smallest absolute Gasteiger partial charge is 0.257 e. The lowest BCUT2D eigenvalue weighted by molar-refractivity contribution is -0.123. The molecule has 8 nitrogen and oxygen atoms in total. The molecular weight excluding hydrogens is 422 g/mol. The molecule has 1 aliphatic rings. The topological polar surface area (TPSA) is 98.7 Å².